The van der Waals surface area contributed by atoms with Gasteiger partial charge in [0.15, 0.2) is 6.23 Å². The number of aliphatic hydroxyl groups excluding tert-OH is 4. The van der Waals surface area contributed by atoms with E-state index in [9.17, 15) is 34.8 Å². The zero-order chi connectivity index (χ0) is 20.5. The van der Waals surface area contributed by atoms with Crippen molar-refractivity contribution in [2.45, 2.75) is 70.7 Å². The van der Waals surface area contributed by atoms with Crippen LogP contribution in [0.1, 0.15) is 40.0 Å². The molecule has 2 aliphatic rings. The summed E-state index contributed by atoms with van der Waals surface area (Å²) in [5, 5.41) is 41.6. The number of imide groups is 2. The highest BCUT2D eigenvalue weighted by molar-refractivity contribution is 6.19. The van der Waals surface area contributed by atoms with Crippen LogP contribution in [-0.4, -0.2) is 80.4 Å². The molecule has 10 nitrogen and oxygen atoms in total. The van der Waals surface area contributed by atoms with Gasteiger partial charge in [0.25, 0.3) is 0 Å². The first kappa shape index (κ1) is 21.7. The van der Waals surface area contributed by atoms with Crippen LogP contribution in [0.2, 0.25) is 0 Å². The maximum atomic E-state index is 13.3. The van der Waals surface area contributed by atoms with Gasteiger partial charge in [-0.1, -0.05) is 27.2 Å². The number of nitrogens with one attached hydrogen (secondary N) is 1. The number of hydrogen-bond acceptors (Lipinski definition) is 8. The summed E-state index contributed by atoms with van der Waals surface area (Å²) < 4.78 is 5.35. The Bertz CT molecular complexity index is 597. The summed E-state index contributed by atoms with van der Waals surface area (Å²) in [6.45, 7) is 4.61. The SMILES string of the molecule is CCCC(C)C1(CC)C(=O)NC(=O)N([C@@H]2O[C@H](CO)[C@@H](O)[C@H](O)[C@H]2O)C1=O. The molecule has 0 aliphatic carbocycles. The van der Waals surface area contributed by atoms with E-state index in [1.807, 2.05) is 6.92 Å². The van der Waals surface area contributed by atoms with Gasteiger partial charge in [-0.05, 0) is 18.8 Å². The van der Waals surface area contributed by atoms with Gasteiger partial charge in [-0.25, -0.2) is 9.69 Å². The van der Waals surface area contributed by atoms with E-state index in [1.165, 1.54) is 0 Å². The Labute approximate surface area is 157 Å². The molecular formula is C17H28N2O8. The Morgan fingerprint density at radius 2 is 1.78 bits per heavy atom. The minimum absolute atomic E-state index is 0.125. The Kier molecular flexibility index (Phi) is 6.59. The molecule has 2 fully saturated rings. The van der Waals surface area contributed by atoms with E-state index in [4.69, 9.17) is 4.74 Å². The fourth-order valence-electron chi connectivity index (χ4n) is 3.97. The van der Waals surface area contributed by atoms with E-state index in [0.717, 1.165) is 6.42 Å². The maximum Gasteiger partial charge on any atom is 0.333 e. The van der Waals surface area contributed by atoms with Crippen molar-refractivity contribution in [1.29, 1.82) is 0 Å². The van der Waals surface area contributed by atoms with Crippen LogP contribution in [0.15, 0.2) is 0 Å². The molecule has 0 spiro atoms. The number of carbonyl (C=O) groups is 3. The zero-order valence-corrected chi connectivity index (χ0v) is 15.7. The summed E-state index contributed by atoms with van der Waals surface area (Å²) >= 11 is 0. The Balaban J connectivity index is 2.44. The number of carbonyl (C=O) groups excluding carboxylic acids is 3. The van der Waals surface area contributed by atoms with Crippen LogP contribution < -0.4 is 5.32 Å². The summed E-state index contributed by atoms with van der Waals surface area (Å²) in [4.78, 5) is 38.9. The van der Waals surface area contributed by atoms with E-state index in [-0.39, 0.29) is 12.3 Å². The molecular weight excluding hydrogens is 360 g/mol. The standard InChI is InChI=1S/C17H28N2O8/c1-4-6-8(3)17(5-2)14(24)18-16(26)19(15(17)25)13-12(23)11(22)10(21)9(7-20)27-13/h8-13,20-23H,4-7H2,1-3H3,(H,18,24,26)/t8?,9-,10-,11+,12-,13-,17?/m1/s1. The van der Waals surface area contributed by atoms with Gasteiger partial charge in [-0.2, -0.15) is 0 Å². The number of aliphatic hydroxyl groups is 4. The van der Waals surface area contributed by atoms with Crippen LogP contribution in [0.4, 0.5) is 4.79 Å². The topological polar surface area (TPSA) is 157 Å². The van der Waals surface area contributed by atoms with Crippen molar-refractivity contribution >= 4 is 17.8 Å². The van der Waals surface area contributed by atoms with Crippen LogP contribution in [-0.2, 0) is 14.3 Å². The highest BCUT2D eigenvalue weighted by Gasteiger charge is 2.59. The molecule has 2 aliphatic heterocycles. The van der Waals surface area contributed by atoms with Gasteiger partial charge in [-0.3, -0.25) is 14.9 Å². The molecule has 2 saturated heterocycles. The highest BCUT2D eigenvalue weighted by atomic mass is 16.6. The summed E-state index contributed by atoms with van der Waals surface area (Å²) in [7, 11) is 0. The van der Waals surface area contributed by atoms with Crippen molar-refractivity contribution < 1.29 is 39.5 Å². The summed E-state index contributed by atoms with van der Waals surface area (Å²) in [6, 6.07) is -1.08. The largest absolute Gasteiger partial charge is 0.394 e. The molecule has 154 valence electrons. The average molecular weight is 388 g/mol. The number of rotatable bonds is 6. The second-order valence-corrected chi connectivity index (χ2v) is 7.17. The van der Waals surface area contributed by atoms with Crippen LogP contribution in [0.5, 0.6) is 0 Å². The molecule has 0 aromatic heterocycles. The minimum atomic E-state index is -1.80. The average Bonchev–Trinajstić information content (AvgIpc) is 2.62. The third-order valence-electron chi connectivity index (χ3n) is 5.69. The lowest BCUT2D eigenvalue weighted by atomic mass is 9.69. The Morgan fingerprint density at radius 3 is 2.30 bits per heavy atom. The first-order chi connectivity index (χ1) is 12.7. The van der Waals surface area contributed by atoms with Gasteiger partial charge in [0.2, 0.25) is 11.8 Å². The number of nitrogens with zero attached hydrogens (tertiary/aromatic N) is 1. The molecule has 0 saturated carbocycles. The lowest BCUT2D eigenvalue weighted by Gasteiger charge is -2.48. The third kappa shape index (κ3) is 3.36. The second kappa shape index (κ2) is 8.19. The molecule has 2 rings (SSSR count). The van der Waals surface area contributed by atoms with Crippen molar-refractivity contribution in [3.05, 3.63) is 0 Å². The van der Waals surface area contributed by atoms with Gasteiger partial charge >= 0.3 is 6.03 Å². The van der Waals surface area contributed by atoms with Crippen molar-refractivity contribution in [3.63, 3.8) is 0 Å². The van der Waals surface area contributed by atoms with Gasteiger partial charge in [-0.15, -0.1) is 0 Å². The zero-order valence-electron chi connectivity index (χ0n) is 15.7. The molecule has 4 amide bonds. The predicted molar refractivity (Wildman–Crippen MR) is 90.9 cm³/mol. The van der Waals surface area contributed by atoms with Crippen LogP contribution in [0.3, 0.4) is 0 Å². The van der Waals surface area contributed by atoms with E-state index in [2.05, 4.69) is 5.32 Å². The molecule has 0 aromatic rings. The Morgan fingerprint density at radius 1 is 1.15 bits per heavy atom. The molecule has 0 aromatic carbocycles. The lowest BCUT2D eigenvalue weighted by molar-refractivity contribution is -0.258. The monoisotopic (exact) mass is 388 g/mol. The molecule has 0 bridgehead atoms. The fraction of sp³-hybridized carbons (Fsp3) is 0.824. The first-order valence-corrected chi connectivity index (χ1v) is 9.16. The number of urea groups is 1. The van der Waals surface area contributed by atoms with Crippen LogP contribution in [0, 0.1) is 11.3 Å². The molecule has 27 heavy (non-hydrogen) atoms. The quantitative estimate of drug-likeness (QED) is 0.351. The van der Waals surface area contributed by atoms with Gasteiger partial charge in [0.1, 0.15) is 29.8 Å². The third-order valence-corrected chi connectivity index (χ3v) is 5.69. The number of ether oxygens (including phenoxy) is 1. The molecule has 2 heterocycles. The molecule has 7 atom stereocenters. The highest BCUT2D eigenvalue weighted by Crippen LogP contribution is 2.40. The summed E-state index contributed by atoms with van der Waals surface area (Å²) in [5.41, 5.74) is -1.53. The Hall–Kier alpha value is -1.59. The molecule has 0 radical (unpaired) electrons. The minimum Gasteiger partial charge on any atom is -0.394 e. The number of hydrogen-bond donors (Lipinski definition) is 5. The van der Waals surface area contributed by atoms with E-state index < -0.39 is 60.5 Å². The molecule has 10 heteroatoms. The van der Waals surface area contributed by atoms with Gasteiger partial charge < -0.3 is 25.2 Å². The van der Waals surface area contributed by atoms with Crippen molar-refractivity contribution in [3.8, 4) is 0 Å². The van der Waals surface area contributed by atoms with E-state index in [1.54, 1.807) is 13.8 Å². The second-order valence-electron chi connectivity index (χ2n) is 7.17. The number of amides is 4. The number of barbiturate groups is 1. The van der Waals surface area contributed by atoms with E-state index in [0.29, 0.717) is 11.3 Å². The van der Waals surface area contributed by atoms with Crippen LogP contribution >= 0.6 is 0 Å². The predicted octanol–water partition coefficient (Wildman–Crippen LogP) is -1.30. The van der Waals surface area contributed by atoms with Crippen molar-refractivity contribution in [1.82, 2.24) is 10.2 Å². The van der Waals surface area contributed by atoms with Gasteiger partial charge in [0.05, 0.1) is 6.61 Å². The fourth-order valence-corrected chi connectivity index (χ4v) is 3.97. The molecule has 5 N–H and O–H groups in total. The van der Waals surface area contributed by atoms with E-state index >= 15 is 0 Å². The molecule has 2 unspecified atom stereocenters. The smallest absolute Gasteiger partial charge is 0.333 e. The lowest BCUT2D eigenvalue weighted by Crippen LogP contribution is -2.72. The normalized spacial score (nSPS) is 38.7. The maximum absolute atomic E-state index is 13.3. The van der Waals surface area contributed by atoms with Crippen LogP contribution in [0.25, 0.3) is 0 Å². The van der Waals surface area contributed by atoms with Crippen molar-refractivity contribution in [2.75, 3.05) is 6.61 Å². The van der Waals surface area contributed by atoms with Gasteiger partial charge in [0, 0.05) is 0 Å². The summed E-state index contributed by atoms with van der Waals surface area (Å²) in [6.07, 6.45) is -6.70. The van der Waals surface area contributed by atoms with Crippen molar-refractivity contribution in [2.24, 2.45) is 11.3 Å². The summed E-state index contributed by atoms with van der Waals surface area (Å²) in [5.74, 6) is -1.92. The first-order valence-electron chi connectivity index (χ1n) is 9.16.